The molecule has 0 saturated heterocycles. The Bertz CT molecular complexity index is 1210. The van der Waals surface area contributed by atoms with E-state index >= 15 is 0 Å². The first kappa shape index (κ1) is 16.5. The Morgan fingerprint density at radius 2 is 1.85 bits per heavy atom. The number of aromatic amines is 1. The molecule has 0 unspecified atom stereocenters. The van der Waals surface area contributed by atoms with E-state index in [9.17, 15) is 9.18 Å². The van der Waals surface area contributed by atoms with Gasteiger partial charge in [-0.25, -0.2) is 4.39 Å². The highest BCUT2D eigenvalue weighted by Crippen LogP contribution is 2.27. The Kier molecular flexibility index (Phi) is 4.11. The van der Waals surface area contributed by atoms with Gasteiger partial charge in [-0.1, -0.05) is 24.3 Å². The summed E-state index contributed by atoms with van der Waals surface area (Å²) in [6, 6.07) is 20.5. The number of carbonyl (C=O) groups excluding carboxylic acids is 1. The van der Waals surface area contributed by atoms with Crippen molar-refractivity contribution in [1.29, 1.82) is 5.26 Å². The summed E-state index contributed by atoms with van der Waals surface area (Å²) in [5, 5.41) is 19.5. The van der Waals surface area contributed by atoms with Gasteiger partial charge in [-0.2, -0.15) is 10.4 Å². The third-order valence-electron chi connectivity index (χ3n) is 4.21. The quantitative estimate of drug-likeness (QED) is 0.567. The Hall–Kier alpha value is -3.98. The van der Waals surface area contributed by atoms with E-state index in [1.54, 1.807) is 6.07 Å². The number of halogens is 1. The van der Waals surface area contributed by atoms with Gasteiger partial charge in [-0.3, -0.25) is 9.89 Å². The molecule has 27 heavy (non-hydrogen) atoms. The molecular formula is C21H13FN4O. The van der Waals surface area contributed by atoms with Gasteiger partial charge in [0.2, 0.25) is 0 Å². The lowest BCUT2D eigenvalue weighted by Crippen LogP contribution is -2.12. The topological polar surface area (TPSA) is 81.6 Å². The number of H-pyrrole nitrogens is 1. The molecule has 0 aliphatic heterocycles. The predicted octanol–water partition coefficient (Wildman–Crippen LogP) is 4.49. The fourth-order valence-electron chi connectivity index (χ4n) is 2.87. The molecule has 0 saturated carbocycles. The lowest BCUT2D eigenvalue weighted by Gasteiger charge is -2.04. The molecule has 4 rings (SSSR count). The van der Waals surface area contributed by atoms with Gasteiger partial charge in [0.05, 0.1) is 17.1 Å². The highest BCUT2D eigenvalue weighted by atomic mass is 19.1. The van der Waals surface area contributed by atoms with Crippen molar-refractivity contribution < 1.29 is 9.18 Å². The highest BCUT2D eigenvalue weighted by Gasteiger charge is 2.12. The van der Waals surface area contributed by atoms with E-state index in [-0.39, 0.29) is 5.56 Å². The van der Waals surface area contributed by atoms with Crippen LogP contribution in [0, 0.1) is 17.1 Å². The maximum Gasteiger partial charge on any atom is 0.256 e. The molecule has 6 heteroatoms. The van der Waals surface area contributed by atoms with Crippen LogP contribution >= 0.6 is 0 Å². The van der Waals surface area contributed by atoms with Crippen LogP contribution in [-0.2, 0) is 0 Å². The summed E-state index contributed by atoms with van der Waals surface area (Å²) in [6.45, 7) is 0. The molecule has 1 heterocycles. The molecule has 1 aromatic heterocycles. The van der Waals surface area contributed by atoms with Crippen LogP contribution in [0.3, 0.4) is 0 Å². The molecule has 3 aromatic carbocycles. The first-order valence-corrected chi connectivity index (χ1v) is 8.19. The van der Waals surface area contributed by atoms with E-state index in [2.05, 4.69) is 21.6 Å². The summed E-state index contributed by atoms with van der Waals surface area (Å²) in [7, 11) is 0. The molecule has 0 fully saturated rings. The zero-order valence-corrected chi connectivity index (χ0v) is 14.0. The largest absolute Gasteiger partial charge is 0.305 e. The first-order chi connectivity index (χ1) is 13.1. The lowest BCUT2D eigenvalue weighted by molar-refractivity contribution is 0.102. The van der Waals surface area contributed by atoms with Gasteiger partial charge >= 0.3 is 0 Å². The Balaban J connectivity index is 1.65. The van der Waals surface area contributed by atoms with Crippen LogP contribution in [0.5, 0.6) is 0 Å². The van der Waals surface area contributed by atoms with E-state index < -0.39 is 11.7 Å². The summed E-state index contributed by atoms with van der Waals surface area (Å²) < 4.78 is 13.3. The minimum atomic E-state index is -0.473. The second-order valence-corrected chi connectivity index (χ2v) is 5.99. The van der Waals surface area contributed by atoms with Crippen molar-refractivity contribution in [3.8, 4) is 17.2 Å². The van der Waals surface area contributed by atoms with Crippen LogP contribution < -0.4 is 5.32 Å². The fraction of sp³-hybridized carbons (Fsp3) is 0. The molecule has 0 aliphatic rings. The predicted molar refractivity (Wildman–Crippen MR) is 101 cm³/mol. The monoisotopic (exact) mass is 356 g/mol. The molecule has 0 radical (unpaired) electrons. The van der Waals surface area contributed by atoms with Crippen LogP contribution in [-0.4, -0.2) is 16.1 Å². The number of nitriles is 1. The number of hydrogen-bond donors (Lipinski definition) is 2. The number of anilines is 1. The molecular weight excluding hydrogens is 343 g/mol. The van der Waals surface area contributed by atoms with Crippen molar-refractivity contribution in [1.82, 2.24) is 10.2 Å². The highest BCUT2D eigenvalue weighted by molar-refractivity contribution is 6.08. The lowest BCUT2D eigenvalue weighted by atomic mass is 10.0. The van der Waals surface area contributed by atoms with Crippen molar-refractivity contribution in [3.05, 3.63) is 83.7 Å². The third-order valence-corrected chi connectivity index (χ3v) is 4.21. The molecule has 0 bridgehead atoms. The first-order valence-electron chi connectivity index (χ1n) is 8.19. The molecule has 0 atom stereocenters. The Morgan fingerprint density at radius 1 is 1.04 bits per heavy atom. The summed E-state index contributed by atoms with van der Waals surface area (Å²) in [5.74, 6) is -0.538. The third kappa shape index (κ3) is 3.26. The van der Waals surface area contributed by atoms with E-state index in [1.165, 1.54) is 24.3 Å². The number of fused-ring (bicyclic) bond motifs is 1. The second-order valence-electron chi connectivity index (χ2n) is 5.99. The van der Waals surface area contributed by atoms with Crippen LogP contribution in [0.1, 0.15) is 15.9 Å². The average molecular weight is 356 g/mol. The number of rotatable bonds is 3. The maximum absolute atomic E-state index is 13.3. The van der Waals surface area contributed by atoms with Crippen molar-refractivity contribution in [2.24, 2.45) is 0 Å². The fourth-order valence-corrected chi connectivity index (χ4v) is 2.87. The smallest absolute Gasteiger partial charge is 0.256 e. The minimum absolute atomic E-state index is 0.219. The summed E-state index contributed by atoms with van der Waals surface area (Å²) in [6.07, 6.45) is 0. The normalized spacial score (nSPS) is 10.5. The van der Waals surface area contributed by atoms with Gasteiger partial charge in [-0.15, -0.1) is 0 Å². The summed E-state index contributed by atoms with van der Waals surface area (Å²) in [4.78, 5) is 12.3. The van der Waals surface area contributed by atoms with Crippen LogP contribution in [0.25, 0.3) is 22.0 Å². The van der Waals surface area contributed by atoms with Crippen molar-refractivity contribution in [2.75, 3.05) is 5.32 Å². The zero-order chi connectivity index (χ0) is 18.8. The SMILES string of the molecule is N#Cc1cccc(-c2ccc3c(NC(=O)c4cccc(F)c4)n[nH]c3c2)c1. The van der Waals surface area contributed by atoms with Crippen LogP contribution in [0.15, 0.2) is 66.7 Å². The summed E-state index contributed by atoms with van der Waals surface area (Å²) >= 11 is 0. The van der Waals surface area contributed by atoms with Gasteiger partial charge in [0.25, 0.3) is 5.91 Å². The van der Waals surface area contributed by atoms with Crippen LogP contribution in [0.4, 0.5) is 10.2 Å². The minimum Gasteiger partial charge on any atom is -0.305 e. The van der Waals surface area contributed by atoms with Crippen LogP contribution in [0.2, 0.25) is 0 Å². The summed E-state index contributed by atoms with van der Waals surface area (Å²) in [5.41, 5.74) is 3.38. The molecule has 2 N–H and O–H groups in total. The number of benzene rings is 3. The van der Waals surface area contributed by atoms with E-state index in [0.29, 0.717) is 11.4 Å². The second kappa shape index (κ2) is 6.73. The number of aromatic nitrogens is 2. The maximum atomic E-state index is 13.3. The molecule has 1 amide bonds. The molecule has 0 aliphatic carbocycles. The number of hydrogen-bond acceptors (Lipinski definition) is 3. The average Bonchev–Trinajstić information content (AvgIpc) is 3.10. The van der Waals surface area contributed by atoms with Gasteiger partial charge in [0, 0.05) is 10.9 Å². The standard InChI is InChI=1S/C21H13FN4O/c22-17-6-2-5-16(10-17)21(27)24-20-18-8-7-15(11-19(18)25-26-20)14-4-1-3-13(9-14)12-23/h1-11H,(H2,24,25,26,27). The van der Waals surface area contributed by atoms with Gasteiger partial charge in [0.15, 0.2) is 5.82 Å². The zero-order valence-electron chi connectivity index (χ0n) is 14.0. The number of carbonyl (C=O) groups is 1. The van der Waals surface area contributed by atoms with Crippen molar-refractivity contribution >= 4 is 22.6 Å². The molecule has 5 nitrogen and oxygen atoms in total. The van der Waals surface area contributed by atoms with E-state index in [0.717, 1.165) is 22.0 Å². The van der Waals surface area contributed by atoms with E-state index in [4.69, 9.17) is 5.26 Å². The molecule has 0 spiro atoms. The van der Waals surface area contributed by atoms with Gasteiger partial charge in [-0.05, 0) is 53.6 Å². The van der Waals surface area contributed by atoms with Crippen molar-refractivity contribution in [2.45, 2.75) is 0 Å². The number of nitrogens with zero attached hydrogens (tertiary/aromatic N) is 2. The van der Waals surface area contributed by atoms with Gasteiger partial charge < -0.3 is 5.32 Å². The number of amides is 1. The molecule has 130 valence electrons. The Labute approximate surface area is 154 Å². The number of nitrogens with one attached hydrogen (secondary N) is 2. The molecule has 4 aromatic rings. The Morgan fingerprint density at radius 3 is 2.67 bits per heavy atom. The van der Waals surface area contributed by atoms with Crippen molar-refractivity contribution in [3.63, 3.8) is 0 Å². The van der Waals surface area contributed by atoms with E-state index in [1.807, 2.05) is 36.4 Å². The van der Waals surface area contributed by atoms with Gasteiger partial charge in [0.1, 0.15) is 5.82 Å².